The number of nitrogens with two attached hydrogens (primary N) is 1. The fourth-order valence-electron chi connectivity index (χ4n) is 2.45. The van der Waals surface area contributed by atoms with Crippen LogP contribution in [0.4, 0.5) is 5.69 Å². The number of nitrogens with zero attached hydrogens (tertiary/aromatic N) is 1. The molecular weight excluding hydrogens is 232 g/mol. The Morgan fingerprint density at radius 3 is 2.32 bits per heavy atom. The van der Waals surface area contributed by atoms with Crippen molar-refractivity contribution < 1.29 is 0 Å². The highest BCUT2D eigenvalue weighted by molar-refractivity contribution is 5.50. The minimum Gasteiger partial charge on any atom is -0.369 e. The lowest BCUT2D eigenvalue weighted by Crippen LogP contribution is -2.27. The third-order valence-corrected chi connectivity index (χ3v) is 4.03. The molecule has 1 aliphatic rings. The van der Waals surface area contributed by atoms with E-state index < -0.39 is 0 Å². The first-order chi connectivity index (χ1) is 9.11. The molecule has 0 radical (unpaired) electrons. The fraction of sp³-hybridized carbons (Fsp3) is 0.647. The summed E-state index contributed by atoms with van der Waals surface area (Å²) in [7, 11) is 0. The van der Waals surface area contributed by atoms with Gasteiger partial charge in [0.25, 0.3) is 0 Å². The van der Waals surface area contributed by atoms with Crippen LogP contribution in [-0.2, 0) is 0 Å². The maximum Gasteiger partial charge on any atom is 0.0368 e. The summed E-state index contributed by atoms with van der Waals surface area (Å²) in [6.07, 6.45) is 4.98. The summed E-state index contributed by atoms with van der Waals surface area (Å²) in [6, 6.07) is 9.87. The first kappa shape index (κ1) is 14.4. The average molecular weight is 260 g/mol. The molecule has 0 aromatic heterocycles. The van der Waals surface area contributed by atoms with E-state index in [-0.39, 0.29) is 6.04 Å². The van der Waals surface area contributed by atoms with E-state index in [2.05, 4.69) is 49.9 Å². The summed E-state index contributed by atoms with van der Waals surface area (Å²) >= 11 is 0. The van der Waals surface area contributed by atoms with Crippen molar-refractivity contribution in [3.05, 3.63) is 29.8 Å². The molecule has 2 nitrogen and oxygen atoms in total. The van der Waals surface area contributed by atoms with Crippen molar-refractivity contribution in [1.29, 1.82) is 0 Å². The summed E-state index contributed by atoms with van der Waals surface area (Å²) in [5.41, 5.74) is 8.70. The maximum absolute atomic E-state index is 6.08. The Morgan fingerprint density at radius 2 is 1.84 bits per heavy atom. The second-order valence-electron chi connectivity index (χ2n) is 6.21. The topological polar surface area (TPSA) is 29.3 Å². The van der Waals surface area contributed by atoms with Crippen molar-refractivity contribution in [1.82, 2.24) is 0 Å². The molecule has 0 spiro atoms. The van der Waals surface area contributed by atoms with Crippen molar-refractivity contribution in [2.45, 2.75) is 58.5 Å². The second kappa shape index (κ2) is 6.42. The molecule has 106 valence electrons. The normalized spacial score (nSPS) is 16.7. The van der Waals surface area contributed by atoms with Gasteiger partial charge in [-0.3, -0.25) is 0 Å². The zero-order valence-corrected chi connectivity index (χ0v) is 12.6. The Kier molecular flexibility index (Phi) is 4.87. The zero-order chi connectivity index (χ0) is 13.8. The second-order valence-corrected chi connectivity index (χ2v) is 6.21. The van der Waals surface area contributed by atoms with Crippen LogP contribution in [0.2, 0.25) is 0 Å². The molecular formula is C17H28N2. The lowest BCUT2D eigenvalue weighted by molar-refractivity contribution is 0.570. The highest BCUT2D eigenvalue weighted by atomic mass is 15.2. The van der Waals surface area contributed by atoms with E-state index >= 15 is 0 Å². The average Bonchev–Trinajstić information content (AvgIpc) is 3.23. The van der Waals surface area contributed by atoms with Crippen LogP contribution in [-0.4, -0.2) is 12.6 Å². The van der Waals surface area contributed by atoms with Gasteiger partial charge in [0.2, 0.25) is 0 Å². The quantitative estimate of drug-likeness (QED) is 0.799. The number of anilines is 1. The molecule has 0 bridgehead atoms. The molecule has 0 aliphatic heterocycles. The van der Waals surface area contributed by atoms with E-state index in [9.17, 15) is 0 Å². The van der Waals surface area contributed by atoms with Crippen molar-refractivity contribution in [2.75, 3.05) is 11.4 Å². The SMILES string of the molecule is CC[C@H](N)c1ccc(N(CCC(C)C)C2CC2)cc1. The predicted octanol–water partition coefficient (Wildman–Crippen LogP) is 4.11. The minimum atomic E-state index is 0.180. The smallest absolute Gasteiger partial charge is 0.0368 e. The van der Waals surface area contributed by atoms with Crippen LogP contribution in [0.1, 0.15) is 58.1 Å². The van der Waals surface area contributed by atoms with Gasteiger partial charge in [0.15, 0.2) is 0 Å². The lowest BCUT2D eigenvalue weighted by atomic mass is 10.0. The summed E-state index contributed by atoms with van der Waals surface area (Å²) in [5, 5.41) is 0. The van der Waals surface area contributed by atoms with Crippen molar-refractivity contribution >= 4 is 5.69 Å². The van der Waals surface area contributed by atoms with Gasteiger partial charge >= 0.3 is 0 Å². The first-order valence-corrected chi connectivity index (χ1v) is 7.74. The molecule has 1 aromatic carbocycles. The molecule has 1 aromatic rings. The Morgan fingerprint density at radius 1 is 1.21 bits per heavy atom. The van der Waals surface area contributed by atoms with E-state index in [0.29, 0.717) is 0 Å². The van der Waals surface area contributed by atoms with Crippen molar-refractivity contribution in [3.63, 3.8) is 0 Å². The summed E-state index contributed by atoms with van der Waals surface area (Å²) in [5.74, 6) is 0.772. The van der Waals surface area contributed by atoms with E-state index in [1.807, 2.05) is 0 Å². The Labute approximate surface area is 118 Å². The van der Waals surface area contributed by atoms with Gasteiger partial charge in [-0.2, -0.15) is 0 Å². The lowest BCUT2D eigenvalue weighted by Gasteiger charge is -2.26. The van der Waals surface area contributed by atoms with Crippen LogP contribution >= 0.6 is 0 Å². The Bertz CT molecular complexity index is 379. The molecule has 1 fully saturated rings. The number of rotatable bonds is 7. The van der Waals surface area contributed by atoms with E-state index in [0.717, 1.165) is 18.4 Å². The van der Waals surface area contributed by atoms with Gasteiger partial charge in [0.1, 0.15) is 0 Å². The van der Waals surface area contributed by atoms with E-state index in [1.54, 1.807) is 0 Å². The van der Waals surface area contributed by atoms with Gasteiger partial charge in [-0.05, 0) is 49.3 Å². The van der Waals surface area contributed by atoms with Crippen LogP contribution in [0.25, 0.3) is 0 Å². The van der Waals surface area contributed by atoms with Crippen LogP contribution in [0.15, 0.2) is 24.3 Å². The molecule has 1 atom stereocenters. The van der Waals surface area contributed by atoms with Crippen LogP contribution in [0.5, 0.6) is 0 Å². The molecule has 0 amide bonds. The molecule has 1 saturated carbocycles. The first-order valence-electron chi connectivity index (χ1n) is 7.74. The van der Waals surface area contributed by atoms with Gasteiger partial charge in [0.05, 0.1) is 0 Å². The molecule has 2 rings (SSSR count). The van der Waals surface area contributed by atoms with Crippen LogP contribution in [0, 0.1) is 5.92 Å². The van der Waals surface area contributed by atoms with E-state index in [4.69, 9.17) is 5.73 Å². The standard InChI is InChI=1S/C17H28N2/c1-4-17(18)14-5-7-15(8-6-14)19(16-9-10-16)12-11-13(2)3/h5-8,13,16-17H,4,9-12,18H2,1-3H3/t17-/m0/s1. The van der Waals surface area contributed by atoms with E-state index in [1.165, 1.54) is 37.1 Å². The van der Waals surface area contributed by atoms with Crippen molar-refractivity contribution in [2.24, 2.45) is 11.7 Å². The Hall–Kier alpha value is -1.02. The number of benzene rings is 1. The predicted molar refractivity (Wildman–Crippen MR) is 83.5 cm³/mol. The largest absolute Gasteiger partial charge is 0.369 e. The minimum absolute atomic E-state index is 0.180. The number of hydrogen-bond acceptors (Lipinski definition) is 2. The molecule has 0 unspecified atom stereocenters. The van der Waals surface area contributed by atoms with Gasteiger partial charge in [-0.1, -0.05) is 32.9 Å². The van der Waals surface area contributed by atoms with Gasteiger partial charge in [-0.15, -0.1) is 0 Å². The van der Waals surface area contributed by atoms with Gasteiger partial charge in [-0.25, -0.2) is 0 Å². The monoisotopic (exact) mass is 260 g/mol. The summed E-state index contributed by atoms with van der Waals surface area (Å²) in [6.45, 7) is 7.92. The highest BCUT2D eigenvalue weighted by Gasteiger charge is 2.29. The molecule has 2 N–H and O–H groups in total. The summed E-state index contributed by atoms with van der Waals surface area (Å²) in [4.78, 5) is 2.58. The zero-order valence-electron chi connectivity index (χ0n) is 12.6. The third-order valence-electron chi connectivity index (χ3n) is 4.03. The molecule has 0 saturated heterocycles. The third kappa shape index (κ3) is 3.97. The molecule has 19 heavy (non-hydrogen) atoms. The van der Waals surface area contributed by atoms with Gasteiger partial charge in [0, 0.05) is 24.3 Å². The van der Waals surface area contributed by atoms with Crippen LogP contribution in [0.3, 0.4) is 0 Å². The van der Waals surface area contributed by atoms with Gasteiger partial charge < -0.3 is 10.6 Å². The summed E-state index contributed by atoms with van der Waals surface area (Å²) < 4.78 is 0. The van der Waals surface area contributed by atoms with Crippen molar-refractivity contribution in [3.8, 4) is 0 Å². The highest BCUT2D eigenvalue weighted by Crippen LogP contribution is 2.32. The molecule has 0 heterocycles. The maximum atomic E-state index is 6.08. The molecule has 2 heteroatoms. The fourth-order valence-corrected chi connectivity index (χ4v) is 2.45. The Balaban J connectivity index is 2.04. The molecule has 1 aliphatic carbocycles. The van der Waals surface area contributed by atoms with Crippen LogP contribution < -0.4 is 10.6 Å². The number of hydrogen-bond donors (Lipinski definition) is 1.